The fraction of sp³-hybridized carbons (Fsp3) is 0.391. The van der Waals surface area contributed by atoms with Crippen molar-refractivity contribution in [3.8, 4) is 5.75 Å². The molecule has 2 aromatic heterocycles. The van der Waals surface area contributed by atoms with Crippen LogP contribution in [0.2, 0.25) is 0 Å². The summed E-state index contributed by atoms with van der Waals surface area (Å²) in [5.74, 6) is 1.56. The molecule has 0 saturated carbocycles. The second-order valence-electron chi connectivity index (χ2n) is 7.66. The van der Waals surface area contributed by atoms with Crippen LogP contribution in [0.25, 0.3) is 0 Å². The number of nitrogens with zero attached hydrogens (tertiary/aromatic N) is 2. The minimum Gasteiger partial charge on any atom is -0.486 e. The van der Waals surface area contributed by atoms with Gasteiger partial charge in [-0.25, -0.2) is 0 Å². The van der Waals surface area contributed by atoms with Gasteiger partial charge in [0.2, 0.25) is 0 Å². The van der Waals surface area contributed by atoms with Crippen molar-refractivity contribution in [2.45, 2.75) is 52.7 Å². The first-order chi connectivity index (χ1) is 14.5. The molecule has 4 rings (SSSR count). The molecule has 6 nitrogen and oxygen atoms in total. The van der Waals surface area contributed by atoms with E-state index in [1.54, 1.807) is 12.1 Å². The standard InChI is InChI=1S/C23H26BrN3O3/c1-15-22(24)16(2)27(26-15)12-4-11-25-23(28)21-10-9-20(30-21)14-29-19-8-7-17-5-3-6-18(17)13-19/h7-10,13H,3-6,11-12,14H2,1-2H3,(H,25,28). The highest BCUT2D eigenvalue weighted by atomic mass is 79.9. The molecule has 0 bridgehead atoms. The molecular formula is C23H26BrN3O3. The Labute approximate surface area is 184 Å². The molecule has 1 aliphatic carbocycles. The highest BCUT2D eigenvalue weighted by Gasteiger charge is 2.14. The monoisotopic (exact) mass is 471 g/mol. The minimum absolute atomic E-state index is 0.215. The van der Waals surface area contributed by atoms with E-state index in [4.69, 9.17) is 9.15 Å². The summed E-state index contributed by atoms with van der Waals surface area (Å²) in [6.45, 7) is 5.60. The molecule has 3 aromatic rings. The van der Waals surface area contributed by atoms with Crippen LogP contribution in [0.15, 0.2) is 39.2 Å². The fourth-order valence-electron chi connectivity index (χ4n) is 3.78. The molecule has 0 saturated heterocycles. The molecular weight excluding hydrogens is 446 g/mol. The van der Waals surface area contributed by atoms with Gasteiger partial charge in [0, 0.05) is 18.8 Å². The van der Waals surface area contributed by atoms with Gasteiger partial charge < -0.3 is 14.5 Å². The van der Waals surface area contributed by atoms with Gasteiger partial charge in [0.25, 0.3) is 5.91 Å². The van der Waals surface area contributed by atoms with Gasteiger partial charge in [-0.2, -0.15) is 5.10 Å². The lowest BCUT2D eigenvalue weighted by Crippen LogP contribution is -2.25. The predicted octanol–water partition coefficient (Wildman–Crippen LogP) is 4.74. The number of amides is 1. The van der Waals surface area contributed by atoms with Gasteiger partial charge in [-0.1, -0.05) is 6.07 Å². The summed E-state index contributed by atoms with van der Waals surface area (Å²) in [6, 6.07) is 9.73. The average Bonchev–Trinajstić information content (AvgIpc) is 3.46. The molecule has 0 unspecified atom stereocenters. The van der Waals surface area contributed by atoms with Crippen molar-refractivity contribution in [3.63, 3.8) is 0 Å². The number of ether oxygens (including phenoxy) is 1. The van der Waals surface area contributed by atoms with Crippen molar-refractivity contribution in [1.82, 2.24) is 15.1 Å². The van der Waals surface area contributed by atoms with Crippen LogP contribution in [-0.4, -0.2) is 22.2 Å². The number of aromatic nitrogens is 2. The summed E-state index contributed by atoms with van der Waals surface area (Å²) in [5, 5.41) is 7.38. The van der Waals surface area contributed by atoms with Crippen LogP contribution < -0.4 is 10.1 Å². The topological polar surface area (TPSA) is 69.3 Å². The quantitative estimate of drug-likeness (QED) is 0.481. The van der Waals surface area contributed by atoms with Crippen LogP contribution in [0.5, 0.6) is 5.75 Å². The molecule has 7 heteroatoms. The summed E-state index contributed by atoms with van der Waals surface area (Å²) < 4.78 is 14.5. The molecule has 1 amide bonds. The number of carbonyl (C=O) groups is 1. The predicted molar refractivity (Wildman–Crippen MR) is 118 cm³/mol. The van der Waals surface area contributed by atoms with Crippen LogP contribution in [0.4, 0.5) is 0 Å². The third-order valence-corrected chi connectivity index (χ3v) is 6.61. The van der Waals surface area contributed by atoms with E-state index < -0.39 is 0 Å². The third kappa shape index (κ3) is 4.61. The Balaban J connectivity index is 1.23. The summed E-state index contributed by atoms with van der Waals surface area (Å²) in [6.07, 6.45) is 4.28. The second kappa shape index (κ2) is 9.08. The number of fused-ring (bicyclic) bond motifs is 1. The van der Waals surface area contributed by atoms with Gasteiger partial charge in [0.15, 0.2) is 5.76 Å². The SMILES string of the molecule is Cc1nn(CCCNC(=O)c2ccc(COc3ccc4c(c3)CCC4)o2)c(C)c1Br. The maximum atomic E-state index is 12.3. The Morgan fingerprint density at radius 2 is 2.07 bits per heavy atom. The molecule has 1 aromatic carbocycles. The van der Waals surface area contributed by atoms with Gasteiger partial charge in [0.1, 0.15) is 18.1 Å². The molecule has 0 aliphatic heterocycles. The van der Waals surface area contributed by atoms with Gasteiger partial charge >= 0.3 is 0 Å². The Hall–Kier alpha value is -2.54. The second-order valence-corrected chi connectivity index (χ2v) is 8.45. The lowest BCUT2D eigenvalue weighted by Gasteiger charge is -2.07. The van der Waals surface area contributed by atoms with Crippen LogP contribution in [0.1, 0.15) is 51.7 Å². The van der Waals surface area contributed by atoms with Gasteiger partial charge in [-0.3, -0.25) is 9.48 Å². The van der Waals surface area contributed by atoms with E-state index in [2.05, 4.69) is 38.5 Å². The van der Waals surface area contributed by atoms with Crippen LogP contribution in [0.3, 0.4) is 0 Å². The first kappa shape index (κ1) is 20.7. The molecule has 0 spiro atoms. The lowest BCUT2D eigenvalue weighted by molar-refractivity contribution is 0.0920. The van der Waals surface area contributed by atoms with E-state index in [0.29, 0.717) is 24.7 Å². The van der Waals surface area contributed by atoms with Crippen LogP contribution in [0, 0.1) is 13.8 Å². The number of carbonyl (C=O) groups excluding carboxylic acids is 1. The molecule has 30 heavy (non-hydrogen) atoms. The number of hydrogen-bond donors (Lipinski definition) is 1. The van der Waals surface area contributed by atoms with E-state index in [0.717, 1.165) is 47.4 Å². The van der Waals surface area contributed by atoms with Gasteiger partial charge in [0.05, 0.1) is 10.2 Å². The highest BCUT2D eigenvalue weighted by Crippen LogP contribution is 2.26. The van der Waals surface area contributed by atoms with Crippen LogP contribution >= 0.6 is 15.9 Å². The number of furan rings is 1. The zero-order chi connectivity index (χ0) is 21.1. The molecule has 1 N–H and O–H groups in total. The van der Waals surface area contributed by atoms with Crippen molar-refractivity contribution in [3.05, 3.63) is 68.8 Å². The maximum absolute atomic E-state index is 12.3. The van der Waals surface area contributed by atoms with Gasteiger partial charge in [-0.05, 0) is 90.9 Å². The van der Waals surface area contributed by atoms with E-state index in [-0.39, 0.29) is 5.91 Å². The van der Waals surface area contributed by atoms with Crippen molar-refractivity contribution in [2.24, 2.45) is 0 Å². The normalized spacial score (nSPS) is 12.8. The molecule has 0 radical (unpaired) electrons. The number of benzene rings is 1. The number of halogens is 1. The summed E-state index contributed by atoms with van der Waals surface area (Å²) >= 11 is 3.53. The number of aryl methyl sites for hydroxylation is 4. The fourth-order valence-corrected chi connectivity index (χ4v) is 4.06. The van der Waals surface area contributed by atoms with Crippen molar-refractivity contribution in [1.29, 1.82) is 0 Å². The Kier molecular flexibility index (Phi) is 6.27. The molecule has 158 valence electrons. The van der Waals surface area contributed by atoms with E-state index in [9.17, 15) is 4.79 Å². The highest BCUT2D eigenvalue weighted by molar-refractivity contribution is 9.10. The number of nitrogens with one attached hydrogen (secondary N) is 1. The molecule has 2 heterocycles. The van der Waals surface area contributed by atoms with E-state index >= 15 is 0 Å². The molecule has 0 fully saturated rings. The van der Waals surface area contributed by atoms with E-state index in [1.165, 1.54) is 17.5 Å². The number of hydrogen-bond acceptors (Lipinski definition) is 4. The lowest BCUT2D eigenvalue weighted by atomic mass is 10.1. The zero-order valence-electron chi connectivity index (χ0n) is 17.3. The Bertz CT molecular complexity index is 1050. The number of rotatable bonds is 8. The molecule has 0 atom stereocenters. The summed E-state index contributed by atoms with van der Waals surface area (Å²) in [4.78, 5) is 12.3. The average molecular weight is 472 g/mol. The maximum Gasteiger partial charge on any atom is 0.286 e. The largest absolute Gasteiger partial charge is 0.486 e. The van der Waals surface area contributed by atoms with Gasteiger partial charge in [-0.15, -0.1) is 0 Å². The first-order valence-corrected chi connectivity index (χ1v) is 11.1. The summed E-state index contributed by atoms with van der Waals surface area (Å²) in [7, 11) is 0. The smallest absolute Gasteiger partial charge is 0.286 e. The summed E-state index contributed by atoms with van der Waals surface area (Å²) in [5.41, 5.74) is 4.87. The van der Waals surface area contributed by atoms with Crippen LogP contribution in [-0.2, 0) is 26.0 Å². The van der Waals surface area contributed by atoms with Crippen molar-refractivity contribution >= 4 is 21.8 Å². The van der Waals surface area contributed by atoms with E-state index in [1.807, 2.05) is 24.6 Å². The minimum atomic E-state index is -0.215. The first-order valence-electron chi connectivity index (χ1n) is 10.3. The van der Waals surface area contributed by atoms with Crippen molar-refractivity contribution in [2.75, 3.05) is 6.54 Å². The Morgan fingerprint density at radius 1 is 1.23 bits per heavy atom. The van der Waals surface area contributed by atoms with Crippen molar-refractivity contribution < 1.29 is 13.9 Å². The zero-order valence-corrected chi connectivity index (χ0v) is 18.9. The Morgan fingerprint density at radius 3 is 2.87 bits per heavy atom. The third-order valence-electron chi connectivity index (χ3n) is 5.46. The molecule has 1 aliphatic rings.